The van der Waals surface area contributed by atoms with Crippen molar-refractivity contribution in [3.63, 3.8) is 0 Å². The largest absolute Gasteiger partial charge is 0.481 e. The normalized spacial score (nSPS) is 13.9. The van der Waals surface area contributed by atoms with Crippen molar-refractivity contribution in [1.29, 1.82) is 0 Å². The van der Waals surface area contributed by atoms with Crippen LogP contribution in [0.5, 0.6) is 0 Å². The van der Waals surface area contributed by atoms with Crippen molar-refractivity contribution in [1.82, 2.24) is 0 Å². The second-order valence-electron chi connectivity index (χ2n) is 27.2. The molecule has 0 saturated carbocycles. The van der Waals surface area contributed by atoms with Crippen molar-refractivity contribution in [3.8, 4) is 0 Å². The zero-order valence-electron chi connectivity index (χ0n) is 56.8. The molecule has 0 saturated heterocycles. The topological polar surface area (TPSA) is 149 Å². The van der Waals surface area contributed by atoms with E-state index in [0.29, 0.717) is 38.5 Å². The van der Waals surface area contributed by atoms with Gasteiger partial charge < -0.3 is 20.4 Å². The van der Waals surface area contributed by atoms with Crippen LogP contribution in [0, 0.1) is 22.7 Å². The summed E-state index contributed by atoms with van der Waals surface area (Å²) in [5, 5.41) is 46.5. The van der Waals surface area contributed by atoms with Crippen molar-refractivity contribution in [2.75, 3.05) is 0 Å². The molecule has 4 unspecified atom stereocenters. The molecule has 0 amide bonds. The third kappa shape index (κ3) is 41.9. The van der Waals surface area contributed by atoms with Crippen molar-refractivity contribution in [2.45, 2.75) is 439 Å². The average Bonchev–Trinajstić information content (AvgIpc) is 0.964. The van der Waals surface area contributed by atoms with E-state index in [1.807, 2.05) is 0 Å². The highest BCUT2D eigenvalue weighted by Gasteiger charge is 2.69. The van der Waals surface area contributed by atoms with E-state index in [4.69, 9.17) is 0 Å². The van der Waals surface area contributed by atoms with Gasteiger partial charge in [-0.25, -0.2) is 0 Å². The summed E-state index contributed by atoms with van der Waals surface area (Å²) in [7, 11) is 0. The van der Waals surface area contributed by atoms with E-state index in [1.54, 1.807) is 0 Å². The fourth-order valence-electron chi connectivity index (χ4n) is 14.5. The Morgan fingerprint density at radius 2 is 0.345 bits per heavy atom. The molecule has 0 fully saturated rings. The van der Waals surface area contributed by atoms with E-state index in [9.17, 15) is 39.6 Å². The van der Waals surface area contributed by atoms with Crippen molar-refractivity contribution < 1.29 is 39.6 Å². The molecule has 4 atom stereocenters. The number of hydrogen-bond donors (Lipinski definition) is 4. The molecule has 8 heteroatoms. The lowest BCUT2D eigenvalue weighted by Gasteiger charge is -2.51. The smallest absolute Gasteiger partial charge is 0.311 e. The summed E-state index contributed by atoms with van der Waals surface area (Å²) in [6.45, 7) is 9.02. The Labute approximate surface area is 522 Å². The molecule has 0 aromatic carbocycles. The van der Waals surface area contributed by atoms with Gasteiger partial charge in [-0.2, -0.15) is 0 Å². The molecule has 84 heavy (non-hydrogen) atoms. The van der Waals surface area contributed by atoms with Crippen LogP contribution in [-0.4, -0.2) is 44.3 Å². The second-order valence-corrected chi connectivity index (χ2v) is 27.2. The second kappa shape index (κ2) is 61.1. The van der Waals surface area contributed by atoms with Crippen molar-refractivity contribution >= 4 is 23.9 Å². The van der Waals surface area contributed by atoms with Gasteiger partial charge in [-0.1, -0.05) is 413 Å². The van der Waals surface area contributed by atoms with Gasteiger partial charge in [0.1, 0.15) is 0 Å². The molecule has 0 heterocycles. The molecular formula is C76H146O8. The summed E-state index contributed by atoms with van der Waals surface area (Å²) in [6, 6.07) is 0. The minimum absolute atomic E-state index is 0.0389. The molecule has 0 aliphatic carbocycles. The fourth-order valence-corrected chi connectivity index (χ4v) is 14.5. The predicted octanol–water partition coefficient (Wildman–Crippen LogP) is 25.6. The fraction of sp³-hybridized carbons (Fsp3) is 0.947. The number of unbranched alkanes of at least 4 members (excludes halogenated alkanes) is 56. The zero-order valence-corrected chi connectivity index (χ0v) is 56.8. The summed E-state index contributed by atoms with van der Waals surface area (Å²) in [6.07, 6.45) is 68.1. The first-order valence-electron chi connectivity index (χ1n) is 38.0. The minimum atomic E-state index is -2.29. The van der Waals surface area contributed by atoms with Gasteiger partial charge in [0.2, 0.25) is 0 Å². The van der Waals surface area contributed by atoms with Crippen molar-refractivity contribution in [3.05, 3.63) is 0 Å². The van der Waals surface area contributed by atoms with Gasteiger partial charge in [0, 0.05) is 0 Å². The maximum atomic E-state index is 14.6. The lowest BCUT2D eigenvalue weighted by Crippen LogP contribution is -2.62. The number of rotatable bonds is 71. The zero-order chi connectivity index (χ0) is 61.7. The molecule has 0 aromatic rings. The van der Waals surface area contributed by atoms with E-state index in [1.165, 1.54) is 244 Å². The Bertz CT molecular complexity index is 1450. The Balaban J connectivity index is 6.36. The summed E-state index contributed by atoms with van der Waals surface area (Å²) in [4.78, 5) is 57.2. The maximum Gasteiger partial charge on any atom is 0.311 e. The van der Waals surface area contributed by atoms with Crippen molar-refractivity contribution in [2.24, 2.45) is 22.7 Å². The van der Waals surface area contributed by atoms with Gasteiger partial charge in [0.05, 0.1) is 22.7 Å². The third-order valence-electron chi connectivity index (χ3n) is 19.9. The summed E-state index contributed by atoms with van der Waals surface area (Å²) in [5.74, 6) is -8.46. The molecule has 8 nitrogen and oxygen atoms in total. The third-order valence-corrected chi connectivity index (χ3v) is 19.9. The van der Waals surface area contributed by atoms with Crippen LogP contribution in [0.3, 0.4) is 0 Å². The molecule has 0 aliphatic heterocycles. The Hall–Kier alpha value is -2.12. The molecule has 0 radical (unpaired) electrons. The van der Waals surface area contributed by atoms with Gasteiger partial charge in [-0.05, 0) is 25.7 Å². The van der Waals surface area contributed by atoms with Gasteiger partial charge in [-0.3, -0.25) is 19.2 Å². The van der Waals surface area contributed by atoms with E-state index >= 15 is 0 Å². The average molecular weight is 1190 g/mol. The highest BCUT2D eigenvalue weighted by atomic mass is 16.4. The molecule has 0 aromatic heterocycles. The standard InChI is InChI=1S/C76H146O8/c1-5-9-13-17-21-25-29-33-36-38-39-40-42-46-50-54-58-62-66-70(72(79)80)76(74(83)84,68-64-60-56-52-48-44-41-37-34-30-26-22-18-14-10-6-2)75(73(81)82,67-63-59-55-51-47-43-35-31-27-23-19-15-11-7-3)69(71(77)78)65-61-57-53-49-45-32-28-24-20-16-12-8-4/h69-70H,5-68H2,1-4H3,(H,77,78)(H,79,80)(H,81,82)(H,83,84). The monoisotopic (exact) mass is 1190 g/mol. The molecule has 4 N–H and O–H groups in total. The molecule has 0 bridgehead atoms. The van der Waals surface area contributed by atoms with Crippen LogP contribution < -0.4 is 0 Å². The van der Waals surface area contributed by atoms with Crippen LogP contribution in [0.15, 0.2) is 0 Å². The Morgan fingerprint density at radius 1 is 0.214 bits per heavy atom. The predicted molar refractivity (Wildman–Crippen MR) is 361 cm³/mol. The SMILES string of the molecule is CCCCCCCCCCCCCCCCCCCCC(C(=O)O)C(CCCCCCCCCCCCCCCCCC)(C(=O)O)C(CCCCCCCCCCCCCCCC)(C(=O)O)C(CCCCCCCCCCCCCC)C(=O)O. The molecule has 0 spiro atoms. The van der Waals surface area contributed by atoms with Gasteiger partial charge in [0.15, 0.2) is 0 Å². The first-order chi connectivity index (χ1) is 41.0. The van der Waals surface area contributed by atoms with Gasteiger partial charge >= 0.3 is 23.9 Å². The lowest BCUT2D eigenvalue weighted by molar-refractivity contribution is -0.201. The first-order valence-corrected chi connectivity index (χ1v) is 38.0. The molecule has 0 rings (SSSR count). The highest BCUT2D eigenvalue weighted by Crippen LogP contribution is 2.59. The van der Waals surface area contributed by atoms with Gasteiger partial charge in [0.25, 0.3) is 0 Å². The van der Waals surface area contributed by atoms with Crippen LogP contribution in [-0.2, 0) is 19.2 Å². The quantitative estimate of drug-likeness (QED) is 0.0440. The molecule has 0 aliphatic rings. The van der Waals surface area contributed by atoms with Crippen LogP contribution in [0.25, 0.3) is 0 Å². The Morgan fingerprint density at radius 3 is 0.476 bits per heavy atom. The first kappa shape index (κ1) is 81.9. The van der Waals surface area contributed by atoms with Crippen LogP contribution in [0.1, 0.15) is 439 Å². The van der Waals surface area contributed by atoms with Crippen LogP contribution >= 0.6 is 0 Å². The molecule has 498 valence electrons. The number of aliphatic carboxylic acids is 4. The number of hydrogen-bond acceptors (Lipinski definition) is 4. The van der Waals surface area contributed by atoms with E-state index in [0.717, 1.165) is 103 Å². The Kier molecular flexibility index (Phi) is 59.6. The van der Waals surface area contributed by atoms with E-state index in [2.05, 4.69) is 27.7 Å². The van der Waals surface area contributed by atoms with Crippen LogP contribution in [0.4, 0.5) is 0 Å². The van der Waals surface area contributed by atoms with E-state index in [-0.39, 0.29) is 25.7 Å². The maximum absolute atomic E-state index is 14.6. The van der Waals surface area contributed by atoms with E-state index < -0.39 is 46.5 Å². The number of carbonyl (C=O) groups is 4. The van der Waals surface area contributed by atoms with Crippen LogP contribution in [0.2, 0.25) is 0 Å². The van der Waals surface area contributed by atoms with Gasteiger partial charge in [-0.15, -0.1) is 0 Å². The lowest BCUT2D eigenvalue weighted by atomic mass is 9.47. The number of carboxylic acid groups (broad SMARTS) is 4. The summed E-state index contributed by atoms with van der Waals surface area (Å²) >= 11 is 0. The minimum Gasteiger partial charge on any atom is -0.481 e. The summed E-state index contributed by atoms with van der Waals surface area (Å²) in [5.41, 5.74) is -4.57. The molecular weight excluding hydrogens is 1040 g/mol. The summed E-state index contributed by atoms with van der Waals surface area (Å²) < 4.78 is 0. The highest BCUT2D eigenvalue weighted by molar-refractivity contribution is 5.94. The number of carboxylic acids is 4.